The fourth-order valence-corrected chi connectivity index (χ4v) is 3.10. The molecule has 4 heteroatoms. The van der Waals surface area contributed by atoms with Crippen LogP contribution in [0.3, 0.4) is 0 Å². The molecule has 1 aromatic carbocycles. The number of hydrogen-bond donors (Lipinski definition) is 0. The van der Waals surface area contributed by atoms with Crippen molar-refractivity contribution in [2.75, 3.05) is 0 Å². The molecule has 0 saturated carbocycles. The molecule has 0 atom stereocenters. The topological polar surface area (TPSA) is 34.9 Å². The van der Waals surface area contributed by atoms with E-state index in [-0.39, 0.29) is 5.69 Å². The first-order valence-electron chi connectivity index (χ1n) is 5.68. The number of thiophene rings is 1. The van der Waals surface area contributed by atoms with E-state index in [1.54, 1.807) is 23.0 Å². The van der Waals surface area contributed by atoms with Crippen molar-refractivity contribution in [1.29, 1.82) is 0 Å². The van der Waals surface area contributed by atoms with Gasteiger partial charge < -0.3 is 0 Å². The molecular weight excluding hydrogens is 244 g/mol. The van der Waals surface area contributed by atoms with Crippen LogP contribution >= 0.6 is 11.3 Å². The van der Waals surface area contributed by atoms with E-state index in [9.17, 15) is 4.79 Å². The number of aromatic nitrogens is 2. The first-order chi connectivity index (χ1) is 8.68. The van der Waals surface area contributed by atoms with Crippen molar-refractivity contribution in [3.05, 3.63) is 51.8 Å². The van der Waals surface area contributed by atoms with Crippen LogP contribution in [-0.2, 0) is 7.05 Å². The van der Waals surface area contributed by atoms with Gasteiger partial charge in [0.2, 0.25) is 0 Å². The Labute approximate surface area is 108 Å². The molecule has 0 amide bonds. The predicted octanol–water partition coefficient (Wildman–Crippen LogP) is 2.97. The Bertz CT molecular complexity index is 772. The minimum atomic E-state index is -0.205. The lowest BCUT2D eigenvalue weighted by molar-refractivity contribution is 0.862. The lowest BCUT2D eigenvalue weighted by atomic mass is 10.1. The second-order valence-electron chi connectivity index (χ2n) is 4.27. The van der Waals surface area contributed by atoms with Crippen LogP contribution in [0.5, 0.6) is 0 Å². The zero-order valence-corrected chi connectivity index (χ0v) is 11.0. The van der Waals surface area contributed by atoms with Gasteiger partial charge in [0.25, 0.3) is 0 Å². The van der Waals surface area contributed by atoms with Crippen LogP contribution in [0.4, 0.5) is 0 Å². The average Bonchev–Trinajstić information content (AvgIpc) is 2.77. The molecule has 0 saturated heterocycles. The van der Waals surface area contributed by atoms with E-state index in [0.717, 1.165) is 27.0 Å². The monoisotopic (exact) mass is 256 g/mol. The van der Waals surface area contributed by atoms with E-state index in [2.05, 4.69) is 17.3 Å². The summed E-state index contributed by atoms with van der Waals surface area (Å²) in [7, 11) is 1.77. The van der Waals surface area contributed by atoms with E-state index in [1.807, 2.05) is 30.3 Å². The molecule has 18 heavy (non-hydrogen) atoms. The zero-order valence-electron chi connectivity index (χ0n) is 10.2. The number of benzene rings is 1. The second kappa shape index (κ2) is 4.07. The maximum Gasteiger partial charge on any atom is 0.348 e. The van der Waals surface area contributed by atoms with Gasteiger partial charge in [0.05, 0.1) is 5.69 Å². The SMILES string of the molecule is Cc1csc2c1c(-c1ccccc1)nc(=O)n2C. The van der Waals surface area contributed by atoms with E-state index in [1.165, 1.54) is 0 Å². The molecule has 0 spiro atoms. The Hall–Kier alpha value is -1.94. The molecular formula is C14H12N2OS. The Balaban J connectivity index is 2.47. The fourth-order valence-electron chi connectivity index (χ4n) is 2.08. The van der Waals surface area contributed by atoms with Crippen molar-refractivity contribution in [3.8, 4) is 11.3 Å². The Morgan fingerprint density at radius 1 is 1.22 bits per heavy atom. The van der Waals surface area contributed by atoms with Crippen molar-refractivity contribution in [2.45, 2.75) is 6.92 Å². The first-order valence-corrected chi connectivity index (χ1v) is 6.56. The largest absolute Gasteiger partial charge is 0.348 e. The first kappa shape index (κ1) is 11.2. The lowest BCUT2D eigenvalue weighted by Crippen LogP contribution is -2.20. The molecule has 3 nitrogen and oxygen atoms in total. The fraction of sp³-hybridized carbons (Fsp3) is 0.143. The van der Waals surface area contributed by atoms with Crippen LogP contribution in [0.1, 0.15) is 5.56 Å². The molecule has 0 aliphatic rings. The Morgan fingerprint density at radius 2 is 1.94 bits per heavy atom. The minimum absolute atomic E-state index is 0.205. The van der Waals surface area contributed by atoms with Gasteiger partial charge in [-0.1, -0.05) is 30.3 Å². The standard InChI is InChI=1S/C14H12N2OS/c1-9-8-18-13-11(9)12(15-14(17)16(13)2)10-6-4-3-5-7-10/h3-8H,1-2H3. The highest BCUT2D eigenvalue weighted by Gasteiger charge is 2.13. The molecule has 0 unspecified atom stereocenters. The summed E-state index contributed by atoms with van der Waals surface area (Å²) in [6.45, 7) is 2.05. The third-order valence-corrected chi connectivity index (χ3v) is 4.21. The third kappa shape index (κ3) is 1.57. The quantitative estimate of drug-likeness (QED) is 0.671. The van der Waals surface area contributed by atoms with Gasteiger partial charge in [0, 0.05) is 18.0 Å². The summed E-state index contributed by atoms with van der Waals surface area (Å²) in [6.07, 6.45) is 0. The smallest absolute Gasteiger partial charge is 0.286 e. The van der Waals surface area contributed by atoms with Gasteiger partial charge in [0.15, 0.2) is 0 Å². The zero-order chi connectivity index (χ0) is 12.7. The molecule has 3 aromatic rings. The van der Waals surface area contributed by atoms with Gasteiger partial charge in [-0.2, -0.15) is 4.98 Å². The molecule has 90 valence electrons. The molecule has 2 aromatic heterocycles. The molecule has 3 rings (SSSR count). The Morgan fingerprint density at radius 3 is 2.67 bits per heavy atom. The van der Waals surface area contributed by atoms with E-state index in [0.29, 0.717) is 0 Å². The van der Waals surface area contributed by atoms with Crippen molar-refractivity contribution >= 4 is 21.6 Å². The summed E-state index contributed by atoms with van der Waals surface area (Å²) in [5, 5.41) is 3.14. The molecule has 0 N–H and O–H groups in total. The highest BCUT2D eigenvalue weighted by Crippen LogP contribution is 2.31. The molecule has 0 fully saturated rings. The summed E-state index contributed by atoms with van der Waals surface area (Å²) in [6, 6.07) is 9.85. The van der Waals surface area contributed by atoms with E-state index >= 15 is 0 Å². The maximum atomic E-state index is 11.9. The normalized spacial score (nSPS) is 11.0. The average molecular weight is 256 g/mol. The molecule has 0 aliphatic carbocycles. The van der Waals surface area contributed by atoms with Crippen LogP contribution in [0.25, 0.3) is 21.5 Å². The van der Waals surface area contributed by atoms with Crippen molar-refractivity contribution < 1.29 is 0 Å². The third-order valence-electron chi connectivity index (χ3n) is 3.04. The predicted molar refractivity (Wildman–Crippen MR) is 75.0 cm³/mol. The van der Waals surface area contributed by atoms with Crippen LogP contribution in [-0.4, -0.2) is 9.55 Å². The van der Waals surface area contributed by atoms with Gasteiger partial charge in [-0.3, -0.25) is 4.57 Å². The van der Waals surface area contributed by atoms with Crippen LogP contribution < -0.4 is 5.69 Å². The van der Waals surface area contributed by atoms with Crippen molar-refractivity contribution in [1.82, 2.24) is 9.55 Å². The number of hydrogen-bond acceptors (Lipinski definition) is 3. The number of aryl methyl sites for hydroxylation is 2. The second-order valence-corrected chi connectivity index (χ2v) is 5.12. The van der Waals surface area contributed by atoms with Gasteiger partial charge in [0.1, 0.15) is 4.83 Å². The highest BCUT2D eigenvalue weighted by atomic mass is 32.1. The van der Waals surface area contributed by atoms with Gasteiger partial charge in [-0.15, -0.1) is 11.3 Å². The van der Waals surface area contributed by atoms with Crippen molar-refractivity contribution in [3.63, 3.8) is 0 Å². The van der Waals surface area contributed by atoms with Crippen LogP contribution in [0.15, 0.2) is 40.5 Å². The molecule has 0 bridgehead atoms. The molecule has 0 radical (unpaired) electrons. The van der Waals surface area contributed by atoms with E-state index < -0.39 is 0 Å². The summed E-state index contributed by atoms with van der Waals surface area (Å²) >= 11 is 1.59. The summed E-state index contributed by atoms with van der Waals surface area (Å²) in [5.41, 5.74) is 2.73. The highest BCUT2D eigenvalue weighted by molar-refractivity contribution is 7.17. The summed E-state index contributed by atoms with van der Waals surface area (Å²) < 4.78 is 1.61. The van der Waals surface area contributed by atoms with E-state index in [4.69, 9.17) is 0 Å². The minimum Gasteiger partial charge on any atom is -0.286 e. The van der Waals surface area contributed by atoms with Gasteiger partial charge >= 0.3 is 5.69 Å². The maximum absolute atomic E-state index is 11.9. The summed E-state index contributed by atoms with van der Waals surface area (Å²) in [4.78, 5) is 17.1. The number of rotatable bonds is 1. The van der Waals surface area contributed by atoms with Crippen LogP contribution in [0, 0.1) is 6.92 Å². The number of nitrogens with zero attached hydrogens (tertiary/aromatic N) is 2. The lowest BCUT2D eigenvalue weighted by Gasteiger charge is -2.06. The molecule has 2 heterocycles. The molecule has 0 aliphatic heterocycles. The van der Waals surface area contributed by atoms with Gasteiger partial charge in [-0.05, 0) is 17.9 Å². The van der Waals surface area contributed by atoms with Gasteiger partial charge in [-0.25, -0.2) is 4.79 Å². The van der Waals surface area contributed by atoms with Crippen LogP contribution in [0.2, 0.25) is 0 Å². The number of fused-ring (bicyclic) bond motifs is 1. The summed E-state index contributed by atoms with van der Waals surface area (Å²) in [5.74, 6) is 0. The Kier molecular flexibility index (Phi) is 2.52. The van der Waals surface area contributed by atoms with Crippen molar-refractivity contribution in [2.24, 2.45) is 7.05 Å².